The molecule has 11 heteroatoms. The van der Waals surface area contributed by atoms with Gasteiger partial charge in [0.25, 0.3) is 10.0 Å². The lowest BCUT2D eigenvalue weighted by atomic mass is 10.0. The molecule has 0 aliphatic rings. The second-order valence-electron chi connectivity index (χ2n) is 10.9. The normalized spacial score (nSPS) is 12.0. The molecule has 4 aromatic rings. The molecule has 4 rings (SSSR count). The van der Waals surface area contributed by atoms with Crippen LogP contribution in [0.5, 0.6) is 0 Å². The molecule has 45 heavy (non-hydrogen) atoms. The number of benzene rings is 4. The van der Waals surface area contributed by atoms with Crippen LogP contribution in [0.2, 0.25) is 10.0 Å². The van der Waals surface area contributed by atoms with Gasteiger partial charge in [0.1, 0.15) is 12.6 Å². The van der Waals surface area contributed by atoms with Crippen LogP contribution in [0.15, 0.2) is 112 Å². The first-order valence-corrected chi connectivity index (χ1v) is 17.3. The van der Waals surface area contributed by atoms with Crippen molar-refractivity contribution < 1.29 is 18.0 Å². The third-order valence-corrected chi connectivity index (χ3v) is 9.66. The fourth-order valence-electron chi connectivity index (χ4n) is 4.74. The van der Waals surface area contributed by atoms with Crippen molar-refractivity contribution in [2.75, 3.05) is 17.4 Å². The Morgan fingerprint density at radius 3 is 2.02 bits per heavy atom. The van der Waals surface area contributed by atoms with Gasteiger partial charge in [-0.05, 0) is 59.5 Å². The number of halogens is 3. The highest BCUT2D eigenvalue weighted by molar-refractivity contribution is 9.10. The molecule has 0 radical (unpaired) electrons. The van der Waals surface area contributed by atoms with Gasteiger partial charge in [0.15, 0.2) is 0 Å². The van der Waals surface area contributed by atoms with E-state index in [4.69, 9.17) is 23.2 Å². The van der Waals surface area contributed by atoms with Gasteiger partial charge in [-0.3, -0.25) is 13.9 Å². The number of amides is 2. The fourth-order valence-corrected chi connectivity index (χ4v) is 7.12. The molecule has 1 atom stereocenters. The number of anilines is 1. The zero-order valence-electron chi connectivity index (χ0n) is 24.9. The largest absolute Gasteiger partial charge is 0.354 e. The lowest BCUT2D eigenvalue weighted by Crippen LogP contribution is -2.53. The van der Waals surface area contributed by atoms with E-state index >= 15 is 0 Å². The minimum atomic E-state index is -4.26. The second-order valence-corrected chi connectivity index (χ2v) is 14.6. The number of hydrogen-bond donors (Lipinski definition) is 1. The standard InChI is InChI=1S/C34H34BrCl2N3O4S/c1-24(2)21-38-34(42)32(17-25-10-5-3-6-11-25)39(22-26-12-9-13-27(35)16-26)33(41)23-40(30-19-28(36)18-29(37)20-30)45(43,44)31-14-7-4-8-15-31/h3-16,18-20,24,32H,17,21-23H2,1-2H3,(H,38,42). The third kappa shape index (κ3) is 9.56. The first kappa shape index (κ1) is 34.5. The van der Waals surface area contributed by atoms with Crippen molar-refractivity contribution in [1.29, 1.82) is 0 Å². The van der Waals surface area contributed by atoms with Crippen molar-refractivity contribution in [2.24, 2.45) is 5.92 Å². The lowest BCUT2D eigenvalue weighted by Gasteiger charge is -2.34. The van der Waals surface area contributed by atoms with Crippen LogP contribution in [0, 0.1) is 5.92 Å². The topological polar surface area (TPSA) is 86.8 Å². The fraction of sp³-hybridized carbons (Fsp3) is 0.235. The smallest absolute Gasteiger partial charge is 0.264 e. The van der Waals surface area contributed by atoms with Crippen LogP contribution in [0.25, 0.3) is 0 Å². The van der Waals surface area contributed by atoms with Crippen LogP contribution < -0.4 is 9.62 Å². The maximum absolute atomic E-state index is 14.5. The number of nitrogens with one attached hydrogen (secondary N) is 1. The lowest BCUT2D eigenvalue weighted by molar-refractivity contribution is -0.140. The summed E-state index contributed by atoms with van der Waals surface area (Å²) < 4.78 is 29.9. The summed E-state index contributed by atoms with van der Waals surface area (Å²) in [4.78, 5) is 29.8. The molecule has 0 bridgehead atoms. The van der Waals surface area contributed by atoms with Crippen LogP contribution in [0.1, 0.15) is 25.0 Å². The zero-order valence-corrected chi connectivity index (χ0v) is 28.8. The number of carbonyl (C=O) groups is 2. The van der Waals surface area contributed by atoms with E-state index < -0.39 is 28.5 Å². The van der Waals surface area contributed by atoms with E-state index in [1.54, 1.807) is 18.2 Å². The molecule has 7 nitrogen and oxygen atoms in total. The first-order chi connectivity index (χ1) is 21.4. The van der Waals surface area contributed by atoms with Gasteiger partial charge in [0.05, 0.1) is 10.6 Å². The molecule has 0 fully saturated rings. The van der Waals surface area contributed by atoms with Crippen molar-refractivity contribution >= 4 is 66.7 Å². The van der Waals surface area contributed by atoms with Crippen molar-refractivity contribution in [1.82, 2.24) is 10.2 Å². The van der Waals surface area contributed by atoms with E-state index in [-0.39, 0.29) is 45.4 Å². The summed E-state index contributed by atoms with van der Waals surface area (Å²) >= 11 is 16.1. The van der Waals surface area contributed by atoms with Crippen LogP contribution >= 0.6 is 39.1 Å². The minimum absolute atomic E-state index is 0.0112. The highest BCUT2D eigenvalue weighted by Gasteiger charge is 2.35. The summed E-state index contributed by atoms with van der Waals surface area (Å²) in [6.07, 6.45) is 0.221. The van der Waals surface area contributed by atoms with Crippen LogP contribution in [0.4, 0.5) is 5.69 Å². The zero-order chi connectivity index (χ0) is 32.6. The molecule has 0 heterocycles. The molecule has 0 saturated heterocycles. The number of hydrogen-bond acceptors (Lipinski definition) is 4. The second kappa shape index (κ2) is 15.8. The van der Waals surface area contributed by atoms with Gasteiger partial charge >= 0.3 is 0 Å². The summed E-state index contributed by atoms with van der Waals surface area (Å²) in [6, 6.07) is 28.1. The summed E-state index contributed by atoms with van der Waals surface area (Å²) in [7, 11) is -4.26. The molecule has 0 aliphatic heterocycles. The van der Waals surface area contributed by atoms with Gasteiger partial charge in [0, 0.05) is 34.0 Å². The average Bonchev–Trinajstić information content (AvgIpc) is 3.00. The molecule has 0 aromatic heterocycles. The van der Waals surface area contributed by atoms with Gasteiger partial charge in [-0.2, -0.15) is 0 Å². The summed E-state index contributed by atoms with van der Waals surface area (Å²) in [5.41, 5.74) is 1.73. The Morgan fingerprint density at radius 1 is 0.822 bits per heavy atom. The maximum atomic E-state index is 14.5. The molecular formula is C34H34BrCl2N3O4S. The van der Waals surface area contributed by atoms with Gasteiger partial charge in [-0.25, -0.2) is 8.42 Å². The van der Waals surface area contributed by atoms with Gasteiger partial charge in [-0.15, -0.1) is 0 Å². The van der Waals surface area contributed by atoms with Gasteiger partial charge in [-0.1, -0.05) is 114 Å². The monoisotopic (exact) mass is 729 g/mol. The summed E-state index contributed by atoms with van der Waals surface area (Å²) in [5.74, 6) is -0.731. The third-order valence-electron chi connectivity index (χ3n) is 6.94. The number of carbonyl (C=O) groups excluding carboxylic acids is 2. The van der Waals surface area contributed by atoms with Crippen LogP contribution in [0.3, 0.4) is 0 Å². The minimum Gasteiger partial charge on any atom is -0.354 e. The molecule has 1 unspecified atom stereocenters. The first-order valence-electron chi connectivity index (χ1n) is 14.3. The predicted molar refractivity (Wildman–Crippen MR) is 184 cm³/mol. The predicted octanol–water partition coefficient (Wildman–Crippen LogP) is 7.36. The molecule has 4 aromatic carbocycles. The van der Waals surface area contributed by atoms with E-state index in [1.807, 2.05) is 68.4 Å². The quantitative estimate of drug-likeness (QED) is 0.156. The van der Waals surface area contributed by atoms with E-state index in [1.165, 1.54) is 35.2 Å². The number of rotatable bonds is 13. The Kier molecular flexibility index (Phi) is 12.1. The highest BCUT2D eigenvalue weighted by Crippen LogP contribution is 2.30. The average molecular weight is 732 g/mol. The van der Waals surface area contributed by atoms with E-state index in [2.05, 4.69) is 21.2 Å². The Hall–Kier alpha value is -3.37. The highest BCUT2D eigenvalue weighted by atomic mass is 79.9. The Morgan fingerprint density at radius 2 is 1.42 bits per heavy atom. The summed E-state index contributed by atoms with van der Waals surface area (Å²) in [5, 5.41) is 3.40. The van der Waals surface area contributed by atoms with Crippen LogP contribution in [-0.2, 0) is 32.6 Å². The van der Waals surface area contributed by atoms with Crippen molar-refractivity contribution in [3.63, 3.8) is 0 Å². The molecule has 0 aliphatic carbocycles. The van der Waals surface area contributed by atoms with E-state index in [0.29, 0.717) is 6.54 Å². The van der Waals surface area contributed by atoms with E-state index in [0.717, 1.165) is 19.9 Å². The Labute approximate surface area is 283 Å². The van der Waals surface area contributed by atoms with Crippen molar-refractivity contribution in [2.45, 2.75) is 37.8 Å². The molecule has 0 saturated carbocycles. The molecule has 236 valence electrons. The van der Waals surface area contributed by atoms with Gasteiger partial charge in [0.2, 0.25) is 11.8 Å². The Bertz CT molecular complexity index is 1700. The molecule has 0 spiro atoms. The van der Waals surface area contributed by atoms with Crippen molar-refractivity contribution in [3.8, 4) is 0 Å². The van der Waals surface area contributed by atoms with E-state index in [9.17, 15) is 18.0 Å². The molecule has 1 N–H and O–H groups in total. The maximum Gasteiger partial charge on any atom is 0.264 e. The molecular weight excluding hydrogens is 697 g/mol. The van der Waals surface area contributed by atoms with Gasteiger partial charge < -0.3 is 10.2 Å². The SMILES string of the molecule is CC(C)CNC(=O)C(Cc1ccccc1)N(Cc1cccc(Br)c1)C(=O)CN(c1cc(Cl)cc(Cl)c1)S(=O)(=O)c1ccccc1. The van der Waals surface area contributed by atoms with Crippen molar-refractivity contribution in [3.05, 3.63) is 129 Å². The number of sulfonamides is 1. The van der Waals surface area contributed by atoms with Crippen LogP contribution in [-0.4, -0.2) is 44.3 Å². The molecule has 2 amide bonds. The summed E-state index contributed by atoms with van der Waals surface area (Å²) in [6.45, 7) is 3.84. The Balaban J connectivity index is 1.82. The number of nitrogens with zero attached hydrogens (tertiary/aromatic N) is 2.